The van der Waals surface area contributed by atoms with E-state index in [-0.39, 0.29) is 35.5 Å². The van der Waals surface area contributed by atoms with Gasteiger partial charge in [0.1, 0.15) is 8.64 Å². The number of carbonyl (C=O) groups excluding carboxylic acids is 4. The van der Waals surface area contributed by atoms with Crippen molar-refractivity contribution in [1.29, 1.82) is 0 Å². The lowest BCUT2D eigenvalue weighted by Gasteiger charge is -2.26. The summed E-state index contributed by atoms with van der Waals surface area (Å²) in [6, 6.07) is 7.70. The quantitative estimate of drug-likeness (QED) is 0.184. The Morgan fingerprint density at radius 1 is 0.604 bits per heavy atom. The molecular weight excluding hydrogens is 721 g/mol. The summed E-state index contributed by atoms with van der Waals surface area (Å²) in [5.41, 5.74) is 2.06. The number of thiocarbonyl (C=S) groups is 2. The molecule has 0 atom stereocenters. The third-order valence-corrected chi connectivity index (χ3v) is 12.8. The van der Waals surface area contributed by atoms with Crippen LogP contribution in [0.25, 0.3) is 23.5 Å². The van der Waals surface area contributed by atoms with Crippen LogP contribution in [0.1, 0.15) is 61.1 Å². The SMILES string of the molecule is CCN1C(=O)/C(=C/c2ccc(C3=C4C(=O)N(CC(C)C)C(c5ccc(/C=C6/SC(=S)N(CC)C6=O)s5)=C4C(=O)N3CC(C)C)s2)SC1=S. The number of rotatable bonds is 10. The van der Waals surface area contributed by atoms with E-state index in [4.69, 9.17) is 24.4 Å². The summed E-state index contributed by atoms with van der Waals surface area (Å²) in [5, 5.41) is 0. The molecule has 0 bridgehead atoms. The number of likely N-dealkylation sites (N-methyl/N-ethyl adjacent to an activating group) is 2. The van der Waals surface area contributed by atoms with Crippen LogP contribution in [0.15, 0.2) is 45.2 Å². The highest BCUT2D eigenvalue weighted by molar-refractivity contribution is 8.27. The first-order chi connectivity index (χ1) is 22.8. The van der Waals surface area contributed by atoms with Gasteiger partial charge in [0.25, 0.3) is 23.6 Å². The smallest absolute Gasteiger partial charge is 0.266 e. The van der Waals surface area contributed by atoms with E-state index in [0.29, 0.717) is 67.2 Å². The molecule has 0 saturated carbocycles. The molecule has 2 aromatic rings. The summed E-state index contributed by atoms with van der Waals surface area (Å²) in [7, 11) is 0. The number of hydrogen-bond donors (Lipinski definition) is 0. The second-order valence-corrected chi connectivity index (χ2v) is 17.9. The Kier molecular flexibility index (Phi) is 10.0. The first-order valence-electron chi connectivity index (χ1n) is 15.7. The highest BCUT2D eigenvalue weighted by atomic mass is 32.2. The van der Waals surface area contributed by atoms with Crippen LogP contribution >= 0.6 is 70.6 Å². The zero-order valence-electron chi connectivity index (χ0n) is 27.3. The standard InChI is InChI=1S/C34H34N4O4S6/c1-7-35-29(39)23(47-33(35)43)13-19-9-11-21(45-19)27-25-26(32(42)37(27)15-17(3)4)28(38(31(25)41)16-18(5)6)22-12-10-20(46-22)14-24-30(40)36(8-2)34(44)48-24/h9-14,17-18H,7-8,15-16H2,1-6H3/b23-13-,24-14+. The van der Waals surface area contributed by atoms with Crippen molar-refractivity contribution in [2.75, 3.05) is 26.2 Å². The van der Waals surface area contributed by atoms with Crippen LogP contribution in [0.4, 0.5) is 0 Å². The first-order valence-corrected chi connectivity index (χ1v) is 19.8. The summed E-state index contributed by atoms with van der Waals surface area (Å²) in [4.78, 5) is 65.6. The monoisotopic (exact) mass is 754 g/mol. The van der Waals surface area contributed by atoms with E-state index in [2.05, 4.69) is 0 Å². The molecule has 2 saturated heterocycles. The highest BCUT2D eigenvalue weighted by Crippen LogP contribution is 2.49. The molecule has 250 valence electrons. The average Bonchev–Trinajstić information content (AvgIpc) is 3.85. The number of thioether (sulfide) groups is 2. The van der Waals surface area contributed by atoms with Crippen LogP contribution in [0.2, 0.25) is 0 Å². The fraction of sp³-hybridized carbons (Fsp3) is 0.353. The van der Waals surface area contributed by atoms with Crippen molar-refractivity contribution in [1.82, 2.24) is 19.6 Å². The van der Waals surface area contributed by atoms with Gasteiger partial charge in [-0.25, -0.2) is 0 Å². The van der Waals surface area contributed by atoms with E-state index in [1.165, 1.54) is 46.2 Å². The van der Waals surface area contributed by atoms with Crippen LogP contribution in [0, 0.1) is 11.8 Å². The number of fused-ring (bicyclic) bond motifs is 1. The molecule has 0 aromatic carbocycles. The van der Waals surface area contributed by atoms with Gasteiger partial charge in [-0.2, -0.15) is 0 Å². The predicted molar refractivity (Wildman–Crippen MR) is 207 cm³/mol. The molecule has 6 heterocycles. The zero-order valence-corrected chi connectivity index (χ0v) is 32.2. The maximum atomic E-state index is 14.4. The molecule has 2 aromatic heterocycles. The van der Waals surface area contributed by atoms with Gasteiger partial charge >= 0.3 is 0 Å². The molecule has 4 aliphatic heterocycles. The molecule has 0 radical (unpaired) electrons. The molecule has 0 unspecified atom stereocenters. The lowest BCUT2D eigenvalue weighted by atomic mass is 10.1. The minimum Gasteiger partial charge on any atom is -0.306 e. The van der Waals surface area contributed by atoms with Gasteiger partial charge in [-0.15, -0.1) is 22.7 Å². The Labute approximate surface area is 307 Å². The molecule has 8 nitrogen and oxygen atoms in total. The molecule has 4 aliphatic rings. The molecule has 6 rings (SSSR count). The molecule has 2 fully saturated rings. The molecule has 0 spiro atoms. The summed E-state index contributed by atoms with van der Waals surface area (Å²) in [6.07, 6.45) is 3.67. The number of hydrogen-bond acceptors (Lipinski definition) is 10. The van der Waals surface area contributed by atoms with E-state index in [1.807, 2.05) is 78.0 Å². The summed E-state index contributed by atoms with van der Waals surface area (Å²) >= 11 is 16.2. The number of carbonyl (C=O) groups is 4. The molecule has 4 amide bonds. The van der Waals surface area contributed by atoms with Crippen LogP contribution in [0.3, 0.4) is 0 Å². The van der Waals surface area contributed by atoms with Gasteiger partial charge in [-0.05, 0) is 62.1 Å². The maximum absolute atomic E-state index is 14.4. The minimum absolute atomic E-state index is 0.112. The van der Waals surface area contributed by atoms with Gasteiger partial charge in [0.2, 0.25) is 0 Å². The van der Waals surface area contributed by atoms with Crippen molar-refractivity contribution in [3.8, 4) is 0 Å². The van der Waals surface area contributed by atoms with E-state index in [1.54, 1.807) is 19.6 Å². The Balaban J connectivity index is 1.45. The molecular formula is C34H34N4O4S6. The average molecular weight is 755 g/mol. The van der Waals surface area contributed by atoms with Crippen molar-refractivity contribution in [3.63, 3.8) is 0 Å². The Morgan fingerprint density at radius 3 is 1.29 bits per heavy atom. The van der Waals surface area contributed by atoms with Gasteiger partial charge in [0.15, 0.2) is 0 Å². The normalized spacial score (nSPS) is 20.4. The van der Waals surface area contributed by atoms with Crippen molar-refractivity contribution < 1.29 is 19.2 Å². The molecule has 48 heavy (non-hydrogen) atoms. The van der Waals surface area contributed by atoms with Crippen molar-refractivity contribution in [2.45, 2.75) is 41.5 Å². The lowest BCUT2D eigenvalue weighted by molar-refractivity contribution is -0.124. The fourth-order valence-corrected chi connectivity index (χ4v) is 10.8. The first kappa shape index (κ1) is 35.0. The van der Waals surface area contributed by atoms with E-state index in [0.717, 1.165) is 19.5 Å². The molecule has 0 aliphatic carbocycles. The lowest BCUT2D eigenvalue weighted by Crippen LogP contribution is -2.33. The maximum Gasteiger partial charge on any atom is 0.266 e. The topological polar surface area (TPSA) is 81.2 Å². The third kappa shape index (κ3) is 6.20. The molecule has 0 N–H and O–H groups in total. The van der Waals surface area contributed by atoms with Crippen LogP contribution in [-0.2, 0) is 19.2 Å². The zero-order chi connectivity index (χ0) is 34.6. The van der Waals surface area contributed by atoms with Crippen molar-refractivity contribution in [3.05, 3.63) is 64.7 Å². The fourth-order valence-electron chi connectivity index (χ4n) is 5.91. The number of thiophene rings is 2. The third-order valence-electron chi connectivity index (χ3n) is 7.92. The van der Waals surface area contributed by atoms with Crippen LogP contribution in [-0.4, -0.2) is 78.0 Å². The van der Waals surface area contributed by atoms with E-state index >= 15 is 0 Å². The van der Waals surface area contributed by atoms with Crippen molar-refractivity contribution in [2.24, 2.45) is 11.8 Å². The number of nitrogens with zero attached hydrogens (tertiary/aromatic N) is 4. The van der Waals surface area contributed by atoms with Gasteiger partial charge < -0.3 is 9.80 Å². The van der Waals surface area contributed by atoms with Gasteiger partial charge in [-0.1, -0.05) is 75.7 Å². The summed E-state index contributed by atoms with van der Waals surface area (Å²) in [6.45, 7) is 13.9. The van der Waals surface area contributed by atoms with Crippen molar-refractivity contribution >= 4 is 126 Å². The van der Waals surface area contributed by atoms with Crippen LogP contribution < -0.4 is 0 Å². The summed E-state index contributed by atoms with van der Waals surface area (Å²) < 4.78 is 1.08. The van der Waals surface area contributed by atoms with Gasteiger partial charge in [0.05, 0.1) is 42.1 Å². The largest absolute Gasteiger partial charge is 0.306 e. The Bertz CT molecular complexity index is 1780. The second-order valence-electron chi connectivity index (χ2n) is 12.3. The van der Waals surface area contributed by atoms with Crippen LogP contribution in [0.5, 0.6) is 0 Å². The second kappa shape index (κ2) is 13.8. The predicted octanol–water partition coefficient (Wildman–Crippen LogP) is 7.37. The number of amides is 4. The van der Waals surface area contributed by atoms with Gasteiger partial charge in [0, 0.05) is 35.9 Å². The van der Waals surface area contributed by atoms with E-state index in [9.17, 15) is 19.2 Å². The Hall–Kier alpha value is -2.88. The highest BCUT2D eigenvalue weighted by Gasteiger charge is 2.49. The summed E-state index contributed by atoms with van der Waals surface area (Å²) in [5.74, 6) is -0.306. The molecule has 14 heteroatoms. The van der Waals surface area contributed by atoms with Gasteiger partial charge in [-0.3, -0.25) is 29.0 Å². The minimum atomic E-state index is -0.194. The van der Waals surface area contributed by atoms with E-state index < -0.39 is 0 Å². The Morgan fingerprint density at radius 2 is 0.979 bits per heavy atom.